The number of ether oxygens (including phenoxy) is 1. The molecule has 0 saturated heterocycles. The summed E-state index contributed by atoms with van der Waals surface area (Å²) in [5.74, 6) is -0.225. The minimum atomic E-state index is -5.02. The second-order valence-corrected chi connectivity index (χ2v) is 8.92. The highest BCUT2D eigenvalue weighted by molar-refractivity contribution is 7.89. The summed E-state index contributed by atoms with van der Waals surface area (Å²) < 4.78 is 112. The fraction of sp³-hybridized carbons (Fsp3) is 0.400. The molecule has 0 aromatic heterocycles. The number of alkyl halides is 6. The molecule has 0 aliphatic rings. The maximum atomic E-state index is 13.6. The lowest BCUT2D eigenvalue weighted by atomic mass is 10.1. The third-order valence-corrected chi connectivity index (χ3v) is 6.32. The Balaban J connectivity index is 2.34. The van der Waals surface area contributed by atoms with Gasteiger partial charge in [0.05, 0.1) is 17.6 Å². The summed E-state index contributed by atoms with van der Waals surface area (Å²) in [5.41, 5.74) is -0.160. The van der Waals surface area contributed by atoms with E-state index in [1.807, 2.05) is 0 Å². The molecule has 0 aliphatic heterocycles. The molecular weight excluding hydrogens is 462 g/mol. The number of anilines is 1. The van der Waals surface area contributed by atoms with Gasteiger partial charge in [-0.2, -0.15) is 31.1 Å². The average molecular weight is 484 g/mol. The molecule has 0 bridgehead atoms. The van der Waals surface area contributed by atoms with E-state index in [-0.39, 0.29) is 27.5 Å². The molecular formula is C20H22F6N2O3S. The monoisotopic (exact) mass is 484 g/mol. The van der Waals surface area contributed by atoms with Crippen molar-refractivity contribution < 1.29 is 39.5 Å². The smallest absolute Gasteiger partial charge is 0.416 e. The number of hydrogen-bond acceptors (Lipinski definition) is 4. The number of halogens is 6. The molecule has 2 rings (SSSR count). The summed E-state index contributed by atoms with van der Waals surface area (Å²) in [6.07, 6.45) is -9.77. The lowest BCUT2D eigenvalue weighted by molar-refractivity contribution is -0.148. The molecule has 0 fully saturated rings. The SMILES string of the molecule is COc1cc(NCC(NS(=O)(=O)c2c(C)cc(C)cc2C)C(F)(F)F)cc(C(F)(F)F)c1. The Morgan fingerprint density at radius 3 is 1.97 bits per heavy atom. The highest BCUT2D eigenvalue weighted by Gasteiger charge is 2.43. The first kappa shape index (κ1) is 25.8. The number of hydrogen-bond donors (Lipinski definition) is 2. The van der Waals surface area contributed by atoms with Crippen LogP contribution in [0.3, 0.4) is 0 Å². The normalized spacial score (nSPS) is 13.7. The number of methoxy groups -OCH3 is 1. The molecule has 178 valence electrons. The molecule has 12 heteroatoms. The number of benzene rings is 2. The van der Waals surface area contributed by atoms with Gasteiger partial charge in [-0.25, -0.2) is 8.42 Å². The maximum absolute atomic E-state index is 13.6. The van der Waals surface area contributed by atoms with Crippen molar-refractivity contribution in [3.8, 4) is 5.75 Å². The third-order valence-electron chi connectivity index (χ3n) is 4.55. The summed E-state index contributed by atoms with van der Waals surface area (Å²) in [4.78, 5) is -0.280. The second kappa shape index (κ2) is 9.18. The van der Waals surface area contributed by atoms with E-state index in [0.29, 0.717) is 12.1 Å². The van der Waals surface area contributed by atoms with E-state index in [4.69, 9.17) is 4.74 Å². The van der Waals surface area contributed by atoms with Crippen LogP contribution >= 0.6 is 0 Å². The van der Waals surface area contributed by atoms with Gasteiger partial charge in [-0.15, -0.1) is 0 Å². The van der Waals surface area contributed by atoms with Crippen molar-refractivity contribution in [3.05, 3.63) is 52.6 Å². The highest BCUT2D eigenvalue weighted by atomic mass is 32.2. The molecule has 2 N–H and O–H groups in total. The van der Waals surface area contributed by atoms with Crippen molar-refractivity contribution in [2.75, 3.05) is 19.0 Å². The van der Waals surface area contributed by atoms with Gasteiger partial charge in [-0.05, 0) is 44.0 Å². The van der Waals surface area contributed by atoms with Crippen LogP contribution in [-0.4, -0.2) is 34.3 Å². The van der Waals surface area contributed by atoms with Crippen LogP contribution in [0, 0.1) is 20.8 Å². The van der Waals surface area contributed by atoms with E-state index in [1.54, 1.807) is 11.6 Å². The van der Waals surface area contributed by atoms with Crippen LogP contribution in [0.1, 0.15) is 22.3 Å². The van der Waals surface area contributed by atoms with Crippen LogP contribution in [0.4, 0.5) is 32.0 Å². The van der Waals surface area contributed by atoms with Crippen LogP contribution in [0.15, 0.2) is 35.2 Å². The van der Waals surface area contributed by atoms with Gasteiger partial charge >= 0.3 is 12.4 Å². The first-order valence-electron chi connectivity index (χ1n) is 9.21. The standard InChI is InChI=1S/C20H22F6N2O3S/c1-11-5-12(2)18(13(3)6-11)32(29,30)28-17(20(24,25)26)10-27-15-7-14(19(21,22)23)8-16(9-15)31-4/h5-9,17,27-28H,10H2,1-4H3. The highest BCUT2D eigenvalue weighted by Crippen LogP contribution is 2.34. The van der Waals surface area contributed by atoms with Gasteiger partial charge in [0.2, 0.25) is 10.0 Å². The number of rotatable bonds is 7. The van der Waals surface area contributed by atoms with Gasteiger partial charge in [-0.1, -0.05) is 17.7 Å². The van der Waals surface area contributed by atoms with E-state index in [2.05, 4.69) is 5.32 Å². The molecule has 2 aromatic carbocycles. The van der Waals surface area contributed by atoms with Crippen LogP contribution in [0.25, 0.3) is 0 Å². The lowest BCUT2D eigenvalue weighted by Crippen LogP contribution is -2.49. The van der Waals surface area contributed by atoms with Gasteiger partial charge < -0.3 is 10.1 Å². The summed E-state index contributed by atoms with van der Waals surface area (Å²) >= 11 is 0. The zero-order valence-electron chi connectivity index (χ0n) is 17.6. The Morgan fingerprint density at radius 1 is 0.938 bits per heavy atom. The third kappa shape index (κ3) is 6.28. The molecule has 5 nitrogen and oxygen atoms in total. The first-order chi connectivity index (χ1) is 14.5. The number of sulfonamides is 1. The van der Waals surface area contributed by atoms with E-state index in [0.717, 1.165) is 18.7 Å². The molecule has 1 atom stereocenters. The van der Waals surface area contributed by atoms with Crippen molar-refractivity contribution in [1.29, 1.82) is 0 Å². The van der Waals surface area contributed by atoms with Crippen LogP contribution in [-0.2, 0) is 16.2 Å². The fourth-order valence-electron chi connectivity index (χ4n) is 3.26. The zero-order valence-corrected chi connectivity index (χ0v) is 18.4. The predicted molar refractivity (Wildman–Crippen MR) is 107 cm³/mol. The van der Waals surface area contributed by atoms with E-state index >= 15 is 0 Å². The summed E-state index contributed by atoms with van der Waals surface area (Å²) in [6, 6.07) is 2.82. The molecule has 0 saturated carbocycles. The second-order valence-electron chi connectivity index (χ2n) is 7.27. The molecule has 0 amide bonds. The van der Waals surface area contributed by atoms with Crippen LogP contribution in [0.5, 0.6) is 5.75 Å². The topological polar surface area (TPSA) is 67.4 Å². The summed E-state index contributed by atoms with van der Waals surface area (Å²) in [7, 11) is -3.47. The van der Waals surface area contributed by atoms with E-state index < -0.39 is 40.5 Å². The zero-order chi connectivity index (χ0) is 24.5. The number of aryl methyl sites for hydroxylation is 3. The van der Waals surface area contributed by atoms with Crippen LogP contribution < -0.4 is 14.8 Å². The van der Waals surface area contributed by atoms with Crippen molar-refractivity contribution >= 4 is 15.7 Å². The molecule has 0 radical (unpaired) electrons. The van der Waals surface area contributed by atoms with E-state index in [1.165, 1.54) is 26.0 Å². The fourth-order valence-corrected chi connectivity index (χ4v) is 4.94. The van der Waals surface area contributed by atoms with Crippen molar-refractivity contribution in [1.82, 2.24) is 4.72 Å². The summed E-state index contributed by atoms with van der Waals surface area (Å²) in [5, 5.41) is 2.22. The molecule has 0 heterocycles. The van der Waals surface area contributed by atoms with Gasteiger partial charge in [-0.3, -0.25) is 0 Å². The minimum Gasteiger partial charge on any atom is -0.497 e. The van der Waals surface area contributed by atoms with Crippen molar-refractivity contribution in [3.63, 3.8) is 0 Å². The Morgan fingerprint density at radius 2 is 1.50 bits per heavy atom. The number of nitrogens with one attached hydrogen (secondary N) is 2. The maximum Gasteiger partial charge on any atom is 0.416 e. The van der Waals surface area contributed by atoms with Gasteiger partial charge in [0, 0.05) is 18.3 Å². The predicted octanol–water partition coefficient (Wildman–Crippen LogP) is 4.96. The Labute approximate surface area is 181 Å². The molecule has 2 aromatic rings. The summed E-state index contributed by atoms with van der Waals surface area (Å²) in [6.45, 7) is 3.60. The van der Waals surface area contributed by atoms with Crippen molar-refractivity contribution in [2.24, 2.45) is 0 Å². The van der Waals surface area contributed by atoms with Gasteiger partial charge in [0.1, 0.15) is 11.8 Å². The molecule has 32 heavy (non-hydrogen) atoms. The Kier molecular flexibility index (Phi) is 7.40. The first-order valence-corrected chi connectivity index (χ1v) is 10.7. The quantitative estimate of drug-likeness (QED) is 0.546. The molecule has 1 unspecified atom stereocenters. The Hall–Kier alpha value is -2.47. The largest absolute Gasteiger partial charge is 0.497 e. The van der Waals surface area contributed by atoms with E-state index in [9.17, 15) is 34.8 Å². The molecule has 0 aliphatic carbocycles. The average Bonchev–Trinajstić information content (AvgIpc) is 2.62. The lowest BCUT2D eigenvalue weighted by Gasteiger charge is -2.24. The van der Waals surface area contributed by atoms with Gasteiger partial charge in [0.15, 0.2) is 0 Å². The molecule has 0 spiro atoms. The van der Waals surface area contributed by atoms with Gasteiger partial charge in [0.25, 0.3) is 0 Å². The Bertz CT molecular complexity index is 1060. The van der Waals surface area contributed by atoms with Crippen molar-refractivity contribution in [2.45, 2.75) is 44.1 Å². The van der Waals surface area contributed by atoms with Crippen LogP contribution in [0.2, 0.25) is 0 Å². The minimum absolute atomic E-state index is 0.225.